The van der Waals surface area contributed by atoms with Gasteiger partial charge in [-0.3, -0.25) is 0 Å². The predicted octanol–water partition coefficient (Wildman–Crippen LogP) is 2.71. The summed E-state index contributed by atoms with van der Waals surface area (Å²) in [5, 5.41) is 3.39. The Kier molecular flexibility index (Phi) is 5.14. The Morgan fingerprint density at radius 3 is 2.72 bits per heavy atom. The highest BCUT2D eigenvalue weighted by molar-refractivity contribution is 5.23. The van der Waals surface area contributed by atoms with Gasteiger partial charge in [0.2, 0.25) is 0 Å². The van der Waals surface area contributed by atoms with Gasteiger partial charge in [-0.25, -0.2) is 4.39 Å². The number of likely N-dealkylation sites (tertiary alicyclic amines) is 1. The highest BCUT2D eigenvalue weighted by Gasteiger charge is 2.08. The second-order valence-corrected chi connectivity index (χ2v) is 5.16. The molecule has 2 nitrogen and oxygen atoms in total. The molecular formula is C15H23FN2. The summed E-state index contributed by atoms with van der Waals surface area (Å²) in [5.74, 6) is -0.106. The van der Waals surface area contributed by atoms with E-state index in [1.807, 2.05) is 12.1 Å². The molecule has 0 amide bonds. The molecular weight excluding hydrogens is 227 g/mol. The molecule has 1 saturated heterocycles. The van der Waals surface area contributed by atoms with Crippen LogP contribution in [-0.4, -0.2) is 31.1 Å². The van der Waals surface area contributed by atoms with Crippen molar-refractivity contribution in [2.24, 2.45) is 0 Å². The maximum atomic E-state index is 13.3. The first-order valence-electron chi connectivity index (χ1n) is 6.94. The maximum Gasteiger partial charge on any atom is 0.126 e. The standard InChI is InChI=1S/C15H23FN2/c1-13-5-6-14(11-15(13)16)12-17-7-10-18-8-3-2-4-9-18/h5-6,11,17H,2-4,7-10,12H2,1H3. The third-order valence-electron chi connectivity index (χ3n) is 3.62. The number of aryl methyl sites for hydroxylation is 1. The Bertz CT molecular complexity index is 373. The Labute approximate surface area is 109 Å². The number of nitrogens with one attached hydrogen (secondary N) is 1. The number of nitrogens with zero attached hydrogens (tertiary/aromatic N) is 1. The molecule has 0 radical (unpaired) electrons. The zero-order valence-electron chi connectivity index (χ0n) is 11.2. The molecule has 3 heteroatoms. The molecule has 18 heavy (non-hydrogen) atoms. The normalized spacial score (nSPS) is 17.0. The van der Waals surface area contributed by atoms with E-state index in [0.29, 0.717) is 5.56 Å². The summed E-state index contributed by atoms with van der Waals surface area (Å²) in [7, 11) is 0. The fourth-order valence-electron chi connectivity index (χ4n) is 2.40. The molecule has 1 N–H and O–H groups in total. The molecule has 0 aromatic heterocycles. The van der Waals surface area contributed by atoms with E-state index in [1.165, 1.54) is 32.4 Å². The second kappa shape index (κ2) is 6.86. The molecule has 0 spiro atoms. The quantitative estimate of drug-likeness (QED) is 0.808. The molecule has 0 saturated carbocycles. The van der Waals surface area contributed by atoms with Gasteiger partial charge in [0.15, 0.2) is 0 Å². The van der Waals surface area contributed by atoms with Crippen molar-refractivity contribution in [2.75, 3.05) is 26.2 Å². The Morgan fingerprint density at radius 2 is 2.00 bits per heavy atom. The van der Waals surface area contributed by atoms with E-state index in [9.17, 15) is 4.39 Å². The van der Waals surface area contributed by atoms with E-state index in [4.69, 9.17) is 0 Å². The number of hydrogen-bond acceptors (Lipinski definition) is 2. The molecule has 0 atom stereocenters. The first kappa shape index (κ1) is 13.5. The van der Waals surface area contributed by atoms with E-state index < -0.39 is 0 Å². The van der Waals surface area contributed by atoms with Gasteiger partial charge in [0.05, 0.1) is 0 Å². The van der Waals surface area contributed by atoms with E-state index in [2.05, 4.69) is 10.2 Å². The van der Waals surface area contributed by atoms with Gasteiger partial charge in [-0.15, -0.1) is 0 Å². The summed E-state index contributed by atoms with van der Waals surface area (Å²) >= 11 is 0. The molecule has 1 heterocycles. The van der Waals surface area contributed by atoms with Crippen molar-refractivity contribution in [1.29, 1.82) is 0 Å². The lowest BCUT2D eigenvalue weighted by molar-refractivity contribution is 0.229. The maximum absolute atomic E-state index is 13.3. The number of piperidine rings is 1. The summed E-state index contributed by atoms with van der Waals surface area (Å²) in [6, 6.07) is 5.46. The smallest absolute Gasteiger partial charge is 0.126 e. The van der Waals surface area contributed by atoms with Crippen LogP contribution in [0.3, 0.4) is 0 Å². The fourth-order valence-corrected chi connectivity index (χ4v) is 2.40. The van der Waals surface area contributed by atoms with Crippen molar-refractivity contribution >= 4 is 0 Å². The number of hydrogen-bond donors (Lipinski definition) is 1. The lowest BCUT2D eigenvalue weighted by Gasteiger charge is -2.26. The lowest BCUT2D eigenvalue weighted by Crippen LogP contribution is -2.35. The van der Waals surface area contributed by atoms with Crippen LogP contribution in [0.5, 0.6) is 0 Å². The highest BCUT2D eigenvalue weighted by atomic mass is 19.1. The van der Waals surface area contributed by atoms with E-state index in [-0.39, 0.29) is 5.82 Å². The summed E-state index contributed by atoms with van der Waals surface area (Å²) in [4.78, 5) is 2.51. The Hall–Kier alpha value is -0.930. The molecule has 1 fully saturated rings. The van der Waals surface area contributed by atoms with Crippen LogP contribution in [-0.2, 0) is 6.54 Å². The summed E-state index contributed by atoms with van der Waals surface area (Å²) in [6.45, 7) is 7.11. The van der Waals surface area contributed by atoms with Crippen LogP contribution in [0.1, 0.15) is 30.4 Å². The van der Waals surface area contributed by atoms with Gasteiger partial charge in [0.25, 0.3) is 0 Å². The van der Waals surface area contributed by atoms with Crippen LogP contribution in [0.15, 0.2) is 18.2 Å². The van der Waals surface area contributed by atoms with Crippen molar-refractivity contribution < 1.29 is 4.39 Å². The zero-order valence-corrected chi connectivity index (χ0v) is 11.2. The van der Waals surface area contributed by atoms with E-state index >= 15 is 0 Å². The van der Waals surface area contributed by atoms with Crippen LogP contribution >= 0.6 is 0 Å². The van der Waals surface area contributed by atoms with Gasteiger partial charge >= 0.3 is 0 Å². The second-order valence-electron chi connectivity index (χ2n) is 5.16. The van der Waals surface area contributed by atoms with Crippen LogP contribution in [0.4, 0.5) is 4.39 Å². The number of halogens is 1. The summed E-state index contributed by atoms with van der Waals surface area (Å²) in [5.41, 5.74) is 1.74. The molecule has 1 aromatic carbocycles. The SMILES string of the molecule is Cc1ccc(CNCCN2CCCCC2)cc1F. The van der Waals surface area contributed by atoms with Gasteiger partial charge in [-0.05, 0) is 50.0 Å². The van der Waals surface area contributed by atoms with Crippen molar-refractivity contribution in [2.45, 2.75) is 32.7 Å². The van der Waals surface area contributed by atoms with Crippen LogP contribution < -0.4 is 5.32 Å². The summed E-state index contributed by atoms with van der Waals surface area (Å²) in [6.07, 6.45) is 4.05. The van der Waals surface area contributed by atoms with Crippen molar-refractivity contribution in [3.8, 4) is 0 Å². The molecule has 1 aromatic rings. The van der Waals surface area contributed by atoms with Gasteiger partial charge < -0.3 is 10.2 Å². The third-order valence-corrected chi connectivity index (χ3v) is 3.62. The monoisotopic (exact) mass is 250 g/mol. The van der Waals surface area contributed by atoms with Gasteiger partial charge in [-0.2, -0.15) is 0 Å². The fraction of sp³-hybridized carbons (Fsp3) is 0.600. The minimum Gasteiger partial charge on any atom is -0.311 e. The topological polar surface area (TPSA) is 15.3 Å². The Morgan fingerprint density at radius 1 is 1.22 bits per heavy atom. The predicted molar refractivity (Wildman–Crippen MR) is 73.1 cm³/mol. The van der Waals surface area contributed by atoms with E-state index in [1.54, 1.807) is 13.0 Å². The van der Waals surface area contributed by atoms with Crippen LogP contribution in [0, 0.1) is 12.7 Å². The molecule has 1 aliphatic rings. The molecule has 2 rings (SSSR count). The minimum atomic E-state index is -0.106. The molecule has 0 bridgehead atoms. The van der Waals surface area contributed by atoms with Gasteiger partial charge in [0.1, 0.15) is 5.82 Å². The molecule has 1 aliphatic heterocycles. The molecule has 0 unspecified atom stereocenters. The van der Waals surface area contributed by atoms with Crippen LogP contribution in [0.25, 0.3) is 0 Å². The number of benzene rings is 1. The average Bonchev–Trinajstić information content (AvgIpc) is 2.40. The summed E-state index contributed by atoms with van der Waals surface area (Å²) < 4.78 is 13.3. The third kappa shape index (κ3) is 4.07. The van der Waals surface area contributed by atoms with E-state index in [0.717, 1.165) is 25.2 Å². The van der Waals surface area contributed by atoms with Gasteiger partial charge in [0, 0.05) is 19.6 Å². The van der Waals surface area contributed by atoms with Gasteiger partial charge in [-0.1, -0.05) is 18.6 Å². The minimum absolute atomic E-state index is 0.106. The van der Waals surface area contributed by atoms with Crippen LogP contribution in [0.2, 0.25) is 0 Å². The first-order valence-corrected chi connectivity index (χ1v) is 6.94. The number of rotatable bonds is 5. The van der Waals surface area contributed by atoms with Crippen molar-refractivity contribution in [1.82, 2.24) is 10.2 Å². The average molecular weight is 250 g/mol. The molecule has 100 valence electrons. The van der Waals surface area contributed by atoms with Crippen molar-refractivity contribution in [3.63, 3.8) is 0 Å². The first-order chi connectivity index (χ1) is 8.75. The lowest BCUT2D eigenvalue weighted by atomic mass is 10.1. The van der Waals surface area contributed by atoms with Crippen molar-refractivity contribution in [3.05, 3.63) is 35.1 Å². The highest BCUT2D eigenvalue weighted by Crippen LogP contribution is 2.09. The molecule has 0 aliphatic carbocycles. The zero-order chi connectivity index (χ0) is 12.8. The Balaban J connectivity index is 1.66. The largest absolute Gasteiger partial charge is 0.311 e.